The Kier molecular flexibility index (Phi) is 8.10. The van der Waals surface area contributed by atoms with Crippen LogP contribution in [0, 0.1) is 12.1 Å². The van der Waals surface area contributed by atoms with Crippen LogP contribution in [-0.2, 0) is 37.8 Å². The number of hydrogen-bond donors (Lipinski definition) is 0. The van der Waals surface area contributed by atoms with Crippen molar-refractivity contribution in [1.82, 2.24) is 23.7 Å². The van der Waals surface area contributed by atoms with Crippen molar-refractivity contribution in [2.45, 2.75) is 58.3 Å². The molecule has 0 spiro atoms. The van der Waals surface area contributed by atoms with Gasteiger partial charge >= 0.3 is 27.1 Å². The molecule has 0 unspecified atom stereocenters. The van der Waals surface area contributed by atoms with Gasteiger partial charge in [0.25, 0.3) is 17.3 Å². The monoisotopic (exact) mass is 1030 g/mol. The predicted octanol–water partition coefficient (Wildman–Crippen LogP) is 14.1. The van der Waals surface area contributed by atoms with Gasteiger partial charge in [0.1, 0.15) is 11.5 Å². The van der Waals surface area contributed by atoms with Gasteiger partial charge in [-0.3, -0.25) is 0 Å². The Morgan fingerprint density at radius 3 is 1.89 bits per heavy atom. The molecule has 0 atom stereocenters. The number of para-hydroxylation sites is 4. The van der Waals surface area contributed by atoms with E-state index in [1.165, 1.54) is 33.4 Å². The molecule has 0 radical (unpaired) electrons. The van der Waals surface area contributed by atoms with Gasteiger partial charge in [0, 0.05) is 23.8 Å². The second-order valence-electron chi connectivity index (χ2n) is 17.5. The van der Waals surface area contributed by atoms with Crippen LogP contribution in [0.3, 0.4) is 0 Å². The quantitative estimate of drug-likeness (QED) is 0.118. The molecule has 9 aromatic rings. The summed E-state index contributed by atoms with van der Waals surface area (Å²) in [6.07, 6.45) is 2.84. The van der Waals surface area contributed by atoms with E-state index in [1.54, 1.807) is 41.1 Å². The smallest absolute Gasteiger partial charge is 0.380 e. The third kappa shape index (κ3) is 7.43. The molecule has 3 aromatic heterocycles. The van der Waals surface area contributed by atoms with Gasteiger partial charge in [-0.2, -0.15) is 6.07 Å². The van der Waals surface area contributed by atoms with Crippen LogP contribution >= 0.6 is 0 Å². The van der Waals surface area contributed by atoms with Gasteiger partial charge in [-0.1, -0.05) is 172 Å². The van der Waals surface area contributed by atoms with E-state index in [2.05, 4.69) is 43.9 Å². The van der Waals surface area contributed by atoms with Crippen molar-refractivity contribution in [1.29, 1.82) is 0 Å². The zero-order chi connectivity index (χ0) is 52.4. The van der Waals surface area contributed by atoms with Crippen molar-refractivity contribution in [2.75, 3.05) is 0 Å². The van der Waals surface area contributed by atoms with E-state index in [4.69, 9.17) is 18.7 Å². The summed E-state index contributed by atoms with van der Waals surface area (Å²) in [5, 5.41) is 0.737. The number of rotatable bonds is 7. The Hall–Kier alpha value is -6.65. The van der Waals surface area contributed by atoms with Crippen molar-refractivity contribution in [3.05, 3.63) is 198 Å². The molecule has 316 valence electrons. The van der Waals surface area contributed by atoms with Gasteiger partial charge in [0.05, 0.1) is 24.8 Å². The molecule has 0 aliphatic carbocycles. The Morgan fingerprint density at radius 2 is 1.25 bits per heavy atom. The van der Waals surface area contributed by atoms with Crippen molar-refractivity contribution in [3.63, 3.8) is 0 Å². The number of alkyl halides is 2. The number of benzene rings is 6. The fraction of sp³-hybridized carbons (Fsp3) is 0.161. The second-order valence-corrected chi connectivity index (χ2v) is 17.5. The molecule has 1 aliphatic rings. The van der Waals surface area contributed by atoms with E-state index < -0.39 is 82.9 Å². The van der Waals surface area contributed by atoms with E-state index in [-0.39, 0.29) is 60.1 Å². The second kappa shape index (κ2) is 16.2. The van der Waals surface area contributed by atoms with E-state index in [1.807, 2.05) is 57.2 Å². The topological polar surface area (TPSA) is 36.7 Å². The number of halogens is 2. The van der Waals surface area contributed by atoms with E-state index >= 15 is 8.78 Å². The molecule has 0 saturated carbocycles. The maximum atomic E-state index is 17.8. The van der Waals surface area contributed by atoms with Gasteiger partial charge in [0.15, 0.2) is 0 Å². The van der Waals surface area contributed by atoms with Crippen molar-refractivity contribution < 1.29 is 43.6 Å². The molecule has 10 rings (SSSR count). The van der Waals surface area contributed by atoms with Crippen LogP contribution in [0.1, 0.15) is 77.5 Å². The van der Waals surface area contributed by atoms with Gasteiger partial charge < -0.3 is 9.55 Å². The first kappa shape index (κ1) is 32.1. The van der Waals surface area contributed by atoms with Crippen LogP contribution in [0.15, 0.2) is 164 Å². The van der Waals surface area contributed by atoms with Crippen LogP contribution < -0.4 is 9.15 Å². The number of fused-ring (bicyclic) bond motifs is 4. The fourth-order valence-electron chi connectivity index (χ4n) is 7.95. The molecule has 5 nitrogen and oxygen atoms in total. The number of aromatic nitrogens is 3. The first-order valence-corrected chi connectivity index (χ1v) is 20.4. The van der Waals surface area contributed by atoms with Crippen molar-refractivity contribution >= 4 is 50.7 Å². The van der Waals surface area contributed by atoms with Gasteiger partial charge in [-0.15, -0.1) is 11.6 Å². The summed E-state index contributed by atoms with van der Waals surface area (Å²) in [5.41, 5.74) is 1.65. The molecule has 0 saturated heterocycles. The number of pyridine rings is 2. The SMILES string of the molecule is [2H]c1c([2H])c([2H])c(-c2cccc(-c3c([2H])c([2H])c([2H])c([2H])c3[2H])c2[N+]2=C=[N+](c3[c-]c(C(F)(F)c4[c-]c5c(nc4)c4ccccc4n5-c4cc(C(C)(C)C)ccn4)cc(C(C)(C)C)c3)c3ccccc32)c([2H])c1[2H].[Pt+2]. The Bertz CT molecular complexity index is 3780. The standard InChI is InChI=1S/C56H45F2N5.Pt/c1-54(2,3)39-28-29-59-51(34-39)63-47-25-14-13-22-46(47)52-50(63)33-42(35-60-52)56(57,58)41-30-40(55(4,5)6)31-43(32-41)61-36-62(49-27-16-15-26-48(49)61)53-44(37-18-9-7-10-19-37)23-17-24-45(53)38-20-11-8-12-21-38;/h7-31,34-35H,1-6H3;/q;+2/i7D,8D,9D,10D,11D,12D,18D,19D,20D,21D;. The Labute approximate surface area is 401 Å². The molecule has 8 heteroatoms. The molecule has 0 amide bonds. The third-order valence-corrected chi connectivity index (χ3v) is 11.3. The fourth-order valence-corrected chi connectivity index (χ4v) is 7.95. The van der Waals surface area contributed by atoms with Crippen LogP contribution in [0.2, 0.25) is 0 Å². The molecular weight excluding hydrogens is 976 g/mol. The summed E-state index contributed by atoms with van der Waals surface area (Å²) >= 11 is 0. The zero-order valence-corrected chi connectivity index (χ0v) is 37.9. The van der Waals surface area contributed by atoms with Crippen molar-refractivity contribution in [3.8, 4) is 28.1 Å². The van der Waals surface area contributed by atoms with Crippen LogP contribution in [-0.4, -0.2) is 20.5 Å². The summed E-state index contributed by atoms with van der Waals surface area (Å²) in [7, 11) is 0. The molecule has 6 aromatic carbocycles. The van der Waals surface area contributed by atoms with Crippen molar-refractivity contribution in [2.24, 2.45) is 0 Å². The first-order valence-electron chi connectivity index (χ1n) is 25.4. The summed E-state index contributed by atoms with van der Waals surface area (Å²) in [5.74, 6) is -3.23. The molecule has 1 aliphatic heterocycles. The van der Waals surface area contributed by atoms with E-state index in [9.17, 15) is 0 Å². The van der Waals surface area contributed by atoms with Gasteiger partial charge in [-0.05, 0) is 78.8 Å². The normalized spacial score (nSPS) is 15.0. The average Bonchev–Trinajstić information content (AvgIpc) is 3.92. The predicted molar refractivity (Wildman–Crippen MR) is 253 cm³/mol. The van der Waals surface area contributed by atoms with E-state index in [0.717, 1.165) is 22.7 Å². The Balaban J connectivity index is 0.00000672. The van der Waals surface area contributed by atoms with Crippen LogP contribution in [0.5, 0.6) is 0 Å². The van der Waals surface area contributed by atoms with Crippen LogP contribution in [0.25, 0.3) is 50.0 Å². The maximum absolute atomic E-state index is 17.8. The average molecular weight is 1030 g/mol. The zero-order valence-electron chi connectivity index (χ0n) is 45.6. The minimum Gasteiger partial charge on any atom is -0.380 e. The largest absolute Gasteiger partial charge is 2.00 e. The Morgan fingerprint density at radius 1 is 0.641 bits per heavy atom. The summed E-state index contributed by atoms with van der Waals surface area (Å²) in [6, 6.07) is 29.4. The van der Waals surface area contributed by atoms with E-state index in [0.29, 0.717) is 33.8 Å². The number of hydrogen-bond acceptors (Lipinski definition) is 2. The number of nitrogens with zero attached hydrogens (tertiary/aromatic N) is 5. The van der Waals surface area contributed by atoms with Crippen LogP contribution in [0.4, 0.5) is 31.5 Å². The molecule has 4 heterocycles. The molecule has 64 heavy (non-hydrogen) atoms. The summed E-state index contributed by atoms with van der Waals surface area (Å²) in [6.45, 7) is 11.9. The first-order chi connectivity index (χ1) is 34.4. The van der Waals surface area contributed by atoms with Gasteiger partial charge in [0.2, 0.25) is 5.69 Å². The molecule has 0 fully saturated rings. The molecule has 0 N–H and O–H groups in total. The maximum Gasteiger partial charge on any atom is 2.00 e. The third-order valence-electron chi connectivity index (χ3n) is 11.3. The molecule has 0 bridgehead atoms. The molecular formula is C56H45F2N5Pt+2. The summed E-state index contributed by atoms with van der Waals surface area (Å²) in [4.78, 5) is 9.35. The van der Waals surface area contributed by atoms with Gasteiger partial charge in [-0.25, -0.2) is 13.8 Å². The minimum absolute atomic E-state index is 0. The summed E-state index contributed by atoms with van der Waals surface area (Å²) < 4.78 is 128. The minimum atomic E-state index is -3.75.